The highest BCUT2D eigenvalue weighted by Gasteiger charge is 2.38. The Hall–Kier alpha value is -0.0400. The van der Waals surface area contributed by atoms with Crippen LogP contribution in [0.1, 0.15) is 47.0 Å². The zero-order chi connectivity index (χ0) is 10.1. The molecule has 0 aromatic rings. The van der Waals surface area contributed by atoms with Crippen LogP contribution in [0, 0.1) is 17.3 Å². The van der Waals surface area contributed by atoms with Crippen LogP contribution in [0.2, 0.25) is 0 Å². The van der Waals surface area contributed by atoms with E-state index in [1.165, 1.54) is 19.3 Å². The molecular formula is C12H24O. The fourth-order valence-electron chi connectivity index (χ4n) is 3.04. The Bertz CT molecular complexity index is 163. The summed E-state index contributed by atoms with van der Waals surface area (Å²) in [4.78, 5) is 0. The van der Waals surface area contributed by atoms with Crippen LogP contribution in [0.25, 0.3) is 0 Å². The molecule has 78 valence electrons. The van der Waals surface area contributed by atoms with E-state index in [0.717, 1.165) is 11.8 Å². The van der Waals surface area contributed by atoms with Gasteiger partial charge >= 0.3 is 0 Å². The van der Waals surface area contributed by atoms with Crippen LogP contribution in [-0.2, 0) is 4.74 Å². The first-order valence-electron chi connectivity index (χ1n) is 5.50. The van der Waals surface area contributed by atoms with Gasteiger partial charge in [-0.2, -0.15) is 0 Å². The minimum Gasteiger partial charge on any atom is -0.381 e. The van der Waals surface area contributed by atoms with Gasteiger partial charge in [0.05, 0.1) is 6.10 Å². The molecule has 3 unspecified atom stereocenters. The molecule has 1 saturated carbocycles. The van der Waals surface area contributed by atoms with Gasteiger partial charge in [0.2, 0.25) is 0 Å². The zero-order valence-corrected chi connectivity index (χ0v) is 9.76. The molecule has 0 saturated heterocycles. The monoisotopic (exact) mass is 184 g/mol. The Kier molecular flexibility index (Phi) is 3.39. The maximum Gasteiger partial charge on any atom is 0.0576 e. The van der Waals surface area contributed by atoms with Crippen molar-refractivity contribution in [1.82, 2.24) is 0 Å². The molecule has 13 heavy (non-hydrogen) atoms. The van der Waals surface area contributed by atoms with E-state index < -0.39 is 0 Å². The van der Waals surface area contributed by atoms with Gasteiger partial charge in [-0.3, -0.25) is 0 Å². The molecule has 0 aromatic heterocycles. The number of hydrogen-bond donors (Lipinski definition) is 0. The van der Waals surface area contributed by atoms with Crippen molar-refractivity contribution >= 4 is 0 Å². The first-order chi connectivity index (χ1) is 5.97. The van der Waals surface area contributed by atoms with E-state index >= 15 is 0 Å². The van der Waals surface area contributed by atoms with Crippen molar-refractivity contribution in [3.05, 3.63) is 0 Å². The van der Waals surface area contributed by atoms with Gasteiger partial charge in [0.25, 0.3) is 0 Å². The summed E-state index contributed by atoms with van der Waals surface area (Å²) in [6.07, 6.45) is 4.48. The molecule has 1 aliphatic carbocycles. The quantitative estimate of drug-likeness (QED) is 0.638. The minimum atomic E-state index is 0.419. The van der Waals surface area contributed by atoms with Crippen LogP contribution in [0.3, 0.4) is 0 Å². The minimum absolute atomic E-state index is 0.419. The standard InChI is InChI=1S/C12H24O/c1-9-6-7-11(10(2)13-5)12(3,4)8-9/h9-11H,6-8H2,1-5H3. The average Bonchev–Trinajstić information content (AvgIpc) is 2.01. The van der Waals surface area contributed by atoms with Crippen LogP contribution in [0.15, 0.2) is 0 Å². The summed E-state index contributed by atoms with van der Waals surface area (Å²) in [5.41, 5.74) is 0.465. The van der Waals surface area contributed by atoms with Gasteiger partial charge in [0.15, 0.2) is 0 Å². The van der Waals surface area contributed by atoms with Crippen LogP contribution < -0.4 is 0 Å². The van der Waals surface area contributed by atoms with Gasteiger partial charge in [-0.15, -0.1) is 0 Å². The third kappa shape index (κ3) is 2.46. The fourth-order valence-corrected chi connectivity index (χ4v) is 3.04. The second kappa shape index (κ2) is 4.00. The maximum atomic E-state index is 5.46. The molecule has 1 nitrogen and oxygen atoms in total. The molecule has 1 rings (SSSR count). The molecular weight excluding hydrogens is 160 g/mol. The normalized spacial score (nSPS) is 35.8. The summed E-state index contributed by atoms with van der Waals surface area (Å²) in [6, 6.07) is 0. The Morgan fingerprint density at radius 2 is 1.92 bits per heavy atom. The van der Waals surface area contributed by atoms with Gasteiger partial charge < -0.3 is 4.74 Å². The molecule has 1 heteroatoms. The molecule has 0 N–H and O–H groups in total. The van der Waals surface area contributed by atoms with Gasteiger partial charge in [-0.25, -0.2) is 0 Å². The molecule has 0 spiro atoms. The van der Waals surface area contributed by atoms with Gasteiger partial charge in [-0.05, 0) is 37.0 Å². The lowest BCUT2D eigenvalue weighted by molar-refractivity contribution is -0.0237. The van der Waals surface area contributed by atoms with Crippen molar-refractivity contribution in [3.63, 3.8) is 0 Å². The Morgan fingerprint density at radius 1 is 1.31 bits per heavy atom. The predicted octanol–water partition coefficient (Wildman–Crippen LogP) is 3.48. The van der Waals surface area contributed by atoms with Crippen molar-refractivity contribution in [3.8, 4) is 0 Å². The SMILES string of the molecule is COC(C)C1CCC(C)CC1(C)C. The van der Waals surface area contributed by atoms with E-state index in [0.29, 0.717) is 11.5 Å². The van der Waals surface area contributed by atoms with Crippen LogP contribution in [-0.4, -0.2) is 13.2 Å². The highest BCUT2D eigenvalue weighted by atomic mass is 16.5. The summed E-state index contributed by atoms with van der Waals surface area (Å²) in [7, 11) is 1.83. The average molecular weight is 184 g/mol. The van der Waals surface area contributed by atoms with Gasteiger partial charge in [0.1, 0.15) is 0 Å². The first kappa shape index (κ1) is 11.0. The van der Waals surface area contributed by atoms with Gasteiger partial charge in [-0.1, -0.05) is 27.2 Å². The Morgan fingerprint density at radius 3 is 2.38 bits per heavy atom. The fraction of sp³-hybridized carbons (Fsp3) is 1.00. The first-order valence-corrected chi connectivity index (χ1v) is 5.50. The summed E-state index contributed by atoms with van der Waals surface area (Å²) in [5.74, 6) is 1.64. The molecule has 1 aliphatic rings. The smallest absolute Gasteiger partial charge is 0.0576 e. The molecule has 0 radical (unpaired) electrons. The van der Waals surface area contributed by atoms with E-state index in [-0.39, 0.29) is 0 Å². The van der Waals surface area contributed by atoms with Crippen molar-refractivity contribution in [2.75, 3.05) is 7.11 Å². The van der Waals surface area contributed by atoms with E-state index in [1.54, 1.807) is 0 Å². The number of methoxy groups -OCH3 is 1. The highest BCUT2D eigenvalue weighted by Crippen LogP contribution is 2.45. The van der Waals surface area contributed by atoms with E-state index in [4.69, 9.17) is 4.74 Å². The predicted molar refractivity (Wildman–Crippen MR) is 56.8 cm³/mol. The van der Waals surface area contributed by atoms with E-state index in [1.807, 2.05) is 7.11 Å². The lowest BCUT2D eigenvalue weighted by Crippen LogP contribution is -2.38. The lowest BCUT2D eigenvalue weighted by Gasteiger charge is -2.44. The van der Waals surface area contributed by atoms with Crippen molar-refractivity contribution in [2.45, 2.75) is 53.1 Å². The third-order valence-electron chi connectivity index (χ3n) is 3.79. The van der Waals surface area contributed by atoms with E-state index in [2.05, 4.69) is 27.7 Å². The summed E-state index contributed by atoms with van der Waals surface area (Å²) in [5, 5.41) is 0. The number of ether oxygens (including phenoxy) is 1. The molecule has 0 heterocycles. The Labute approximate surface area is 82.9 Å². The van der Waals surface area contributed by atoms with Crippen molar-refractivity contribution in [2.24, 2.45) is 17.3 Å². The maximum absolute atomic E-state index is 5.46. The second-order valence-electron chi connectivity index (χ2n) is 5.42. The molecule has 0 aliphatic heterocycles. The Balaban J connectivity index is 2.64. The van der Waals surface area contributed by atoms with Crippen LogP contribution in [0.5, 0.6) is 0 Å². The molecule has 0 bridgehead atoms. The zero-order valence-electron chi connectivity index (χ0n) is 9.76. The topological polar surface area (TPSA) is 9.23 Å². The second-order valence-corrected chi connectivity index (χ2v) is 5.42. The van der Waals surface area contributed by atoms with Crippen molar-refractivity contribution < 1.29 is 4.74 Å². The molecule has 0 amide bonds. The number of rotatable bonds is 2. The largest absolute Gasteiger partial charge is 0.381 e. The number of hydrogen-bond acceptors (Lipinski definition) is 1. The van der Waals surface area contributed by atoms with Crippen molar-refractivity contribution in [1.29, 1.82) is 0 Å². The van der Waals surface area contributed by atoms with Gasteiger partial charge in [0, 0.05) is 7.11 Å². The summed E-state index contributed by atoms with van der Waals surface area (Å²) in [6.45, 7) is 9.36. The lowest BCUT2D eigenvalue weighted by atomic mass is 9.64. The van der Waals surface area contributed by atoms with Crippen LogP contribution in [0.4, 0.5) is 0 Å². The molecule has 1 fully saturated rings. The third-order valence-corrected chi connectivity index (χ3v) is 3.79. The molecule has 3 atom stereocenters. The molecule has 0 aromatic carbocycles. The summed E-state index contributed by atoms with van der Waals surface area (Å²) < 4.78 is 5.46. The summed E-state index contributed by atoms with van der Waals surface area (Å²) >= 11 is 0. The highest BCUT2D eigenvalue weighted by molar-refractivity contribution is 4.88. The van der Waals surface area contributed by atoms with Crippen LogP contribution >= 0.6 is 0 Å². The van der Waals surface area contributed by atoms with E-state index in [9.17, 15) is 0 Å².